The molecule has 3 heterocycles. The fourth-order valence-corrected chi connectivity index (χ4v) is 2.83. The van der Waals surface area contributed by atoms with Crippen LogP contribution in [0.1, 0.15) is 12.8 Å². The van der Waals surface area contributed by atoms with E-state index in [9.17, 15) is 0 Å². The van der Waals surface area contributed by atoms with Crippen LogP contribution in [0.4, 0.5) is 0 Å². The molecule has 3 aliphatic rings. The van der Waals surface area contributed by atoms with E-state index in [2.05, 4.69) is 11.7 Å². The molecule has 2 bridgehead atoms. The van der Waals surface area contributed by atoms with E-state index >= 15 is 0 Å². The normalized spacial score (nSPS) is 45.7. The number of piperidine rings is 3. The Morgan fingerprint density at radius 2 is 2.42 bits per heavy atom. The van der Waals surface area contributed by atoms with Crippen molar-refractivity contribution in [3.8, 4) is 12.3 Å². The van der Waals surface area contributed by atoms with Crippen LogP contribution in [0.2, 0.25) is 0 Å². The van der Waals surface area contributed by atoms with E-state index in [0.29, 0.717) is 5.92 Å². The van der Waals surface area contributed by atoms with E-state index in [4.69, 9.17) is 6.42 Å². The van der Waals surface area contributed by atoms with Crippen LogP contribution >= 0.6 is 0 Å². The molecule has 0 amide bonds. The second-order valence-corrected chi connectivity index (χ2v) is 4.16. The number of terminal acetylenes is 1. The van der Waals surface area contributed by atoms with E-state index in [1.165, 1.54) is 25.9 Å². The van der Waals surface area contributed by atoms with Gasteiger partial charge in [-0.25, -0.2) is 0 Å². The zero-order chi connectivity index (χ0) is 8.55. The summed E-state index contributed by atoms with van der Waals surface area (Å²) < 4.78 is 0. The highest BCUT2D eigenvalue weighted by Crippen LogP contribution is 2.25. The summed E-state index contributed by atoms with van der Waals surface area (Å²) in [5, 5.41) is 0. The minimum atomic E-state index is 0.566. The molecular weight excluding hydrogens is 148 g/mol. The van der Waals surface area contributed by atoms with Crippen molar-refractivity contribution in [1.29, 1.82) is 0 Å². The Kier molecular flexibility index (Phi) is 2.08. The van der Waals surface area contributed by atoms with Crippen LogP contribution < -0.4 is 10.6 Å². The second kappa shape index (κ2) is 3.08. The molecule has 3 fully saturated rings. The van der Waals surface area contributed by atoms with Gasteiger partial charge >= 0.3 is 0 Å². The summed E-state index contributed by atoms with van der Waals surface area (Å²) in [6.07, 6.45) is 8.17. The fraction of sp³-hybridized carbons (Fsp3) is 0.800. The molecular formula is C10H18N2+2. The van der Waals surface area contributed by atoms with Gasteiger partial charge in [0.2, 0.25) is 0 Å². The minimum Gasteiger partial charge on any atom is -0.353 e. The molecule has 66 valence electrons. The Morgan fingerprint density at radius 1 is 1.58 bits per heavy atom. The molecule has 3 saturated heterocycles. The predicted molar refractivity (Wildman–Crippen MR) is 47.3 cm³/mol. The highest BCUT2D eigenvalue weighted by molar-refractivity contribution is 4.99. The number of hydrogen-bond donors (Lipinski definition) is 2. The van der Waals surface area contributed by atoms with Crippen LogP contribution in [0.5, 0.6) is 0 Å². The molecule has 3 rings (SSSR count). The van der Waals surface area contributed by atoms with Gasteiger partial charge in [0.15, 0.2) is 0 Å². The number of fused-ring (bicyclic) bond motifs is 3. The number of rotatable bonds is 1. The molecule has 0 spiro atoms. The third-order valence-corrected chi connectivity index (χ3v) is 3.61. The third-order valence-electron chi connectivity index (χ3n) is 3.61. The van der Waals surface area contributed by atoms with Crippen LogP contribution in [0, 0.1) is 24.2 Å². The van der Waals surface area contributed by atoms with Gasteiger partial charge in [-0.15, -0.1) is 6.42 Å². The average Bonchev–Trinajstić information content (AvgIpc) is 2.18. The maximum atomic E-state index is 5.50. The van der Waals surface area contributed by atoms with Gasteiger partial charge in [-0.1, -0.05) is 5.92 Å². The summed E-state index contributed by atoms with van der Waals surface area (Å²) >= 11 is 0. The molecule has 2 heteroatoms. The van der Waals surface area contributed by atoms with Gasteiger partial charge in [0.1, 0.15) is 12.6 Å². The van der Waals surface area contributed by atoms with Crippen LogP contribution in [0.3, 0.4) is 0 Å². The van der Waals surface area contributed by atoms with Crippen LogP contribution in [-0.2, 0) is 0 Å². The monoisotopic (exact) mass is 166 g/mol. The smallest absolute Gasteiger partial charge is 0.137 e. The van der Waals surface area contributed by atoms with E-state index in [1.807, 2.05) is 0 Å². The molecule has 0 aromatic heterocycles. The maximum Gasteiger partial charge on any atom is 0.137 e. The predicted octanol–water partition coefficient (Wildman–Crippen LogP) is -1.85. The lowest BCUT2D eigenvalue weighted by Crippen LogP contribution is -3.21. The summed E-state index contributed by atoms with van der Waals surface area (Å²) in [7, 11) is 0. The maximum absolute atomic E-state index is 5.50. The first-order valence-electron chi connectivity index (χ1n) is 4.95. The van der Waals surface area contributed by atoms with Gasteiger partial charge in [0.05, 0.1) is 19.0 Å². The summed E-state index contributed by atoms with van der Waals surface area (Å²) in [4.78, 5) is 1.72. The molecule has 0 aromatic rings. The number of hydrogen-bond acceptors (Lipinski definition) is 0. The Balaban J connectivity index is 2.07. The summed E-state index contributed by atoms with van der Waals surface area (Å²) in [5.74, 6) is 4.32. The van der Waals surface area contributed by atoms with Crippen molar-refractivity contribution in [2.45, 2.75) is 18.9 Å². The van der Waals surface area contributed by atoms with Gasteiger partial charge in [-0.05, 0) is 5.92 Å². The van der Waals surface area contributed by atoms with E-state index in [0.717, 1.165) is 18.5 Å². The van der Waals surface area contributed by atoms with Crippen molar-refractivity contribution >= 4 is 0 Å². The standard InChI is InChI=1S/C10H16N2/c1-2-8-7-12-4-3-9(8)5-10(12)6-11/h1,8-10H,3-7,11H2/p+2/t8-,9-,10+/m0/s1. The van der Waals surface area contributed by atoms with E-state index in [1.54, 1.807) is 4.90 Å². The first kappa shape index (κ1) is 8.10. The minimum absolute atomic E-state index is 0.566. The first-order valence-corrected chi connectivity index (χ1v) is 4.95. The average molecular weight is 166 g/mol. The van der Waals surface area contributed by atoms with Gasteiger partial charge in [0, 0.05) is 12.8 Å². The van der Waals surface area contributed by atoms with Crippen molar-refractivity contribution in [2.75, 3.05) is 19.6 Å². The van der Waals surface area contributed by atoms with Crippen LogP contribution in [-0.4, -0.2) is 25.7 Å². The molecule has 0 radical (unpaired) electrons. The number of nitrogens with one attached hydrogen (secondary N) is 1. The van der Waals surface area contributed by atoms with Gasteiger partial charge in [-0.3, -0.25) is 0 Å². The molecule has 4 N–H and O–H groups in total. The van der Waals surface area contributed by atoms with Crippen molar-refractivity contribution in [1.82, 2.24) is 0 Å². The fourth-order valence-electron chi connectivity index (χ4n) is 2.83. The van der Waals surface area contributed by atoms with Crippen LogP contribution in [0.15, 0.2) is 0 Å². The second-order valence-electron chi connectivity index (χ2n) is 4.16. The lowest BCUT2D eigenvalue weighted by molar-refractivity contribution is -0.950. The summed E-state index contributed by atoms with van der Waals surface area (Å²) in [6, 6.07) is 0.813. The molecule has 3 aliphatic heterocycles. The van der Waals surface area contributed by atoms with Gasteiger partial charge in [-0.2, -0.15) is 0 Å². The lowest BCUT2D eigenvalue weighted by Gasteiger charge is -2.44. The van der Waals surface area contributed by atoms with Crippen molar-refractivity contribution in [3.05, 3.63) is 0 Å². The lowest BCUT2D eigenvalue weighted by atomic mass is 9.76. The largest absolute Gasteiger partial charge is 0.353 e. The number of quaternary nitrogens is 2. The molecule has 4 atom stereocenters. The van der Waals surface area contributed by atoms with Gasteiger partial charge in [0.25, 0.3) is 0 Å². The zero-order valence-corrected chi connectivity index (χ0v) is 7.55. The first-order chi connectivity index (χ1) is 5.85. The van der Waals surface area contributed by atoms with Gasteiger partial charge < -0.3 is 10.6 Å². The molecule has 0 saturated carbocycles. The SMILES string of the molecule is C#C[C@H]1C[NH+]2CC[C@H]1C[C@@H]2C[NH3+]. The van der Waals surface area contributed by atoms with Crippen molar-refractivity contribution in [3.63, 3.8) is 0 Å². The Hall–Kier alpha value is -0.520. The highest BCUT2D eigenvalue weighted by Gasteiger charge is 2.42. The summed E-state index contributed by atoms with van der Waals surface area (Å²) in [5.41, 5.74) is 4.01. The van der Waals surface area contributed by atoms with E-state index < -0.39 is 0 Å². The zero-order valence-electron chi connectivity index (χ0n) is 7.55. The quantitative estimate of drug-likeness (QED) is 0.429. The highest BCUT2D eigenvalue weighted by atomic mass is 15.2. The molecule has 12 heavy (non-hydrogen) atoms. The Bertz CT molecular complexity index is 206. The molecule has 2 nitrogen and oxygen atoms in total. The van der Waals surface area contributed by atoms with Crippen LogP contribution in [0.25, 0.3) is 0 Å². The molecule has 0 aliphatic carbocycles. The van der Waals surface area contributed by atoms with Crippen molar-refractivity contribution < 1.29 is 10.6 Å². The third kappa shape index (κ3) is 1.14. The summed E-state index contributed by atoms with van der Waals surface area (Å²) in [6.45, 7) is 3.63. The Labute approximate surface area is 74.1 Å². The molecule has 0 aromatic carbocycles. The van der Waals surface area contributed by atoms with E-state index in [-0.39, 0.29) is 0 Å². The van der Waals surface area contributed by atoms with Crippen molar-refractivity contribution in [2.24, 2.45) is 11.8 Å². The topological polar surface area (TPSA) is 32.1 Å². The molecule has 1 unspecified atom stereocenters. The Morgan fingerprint density at radius 3 is 2.92 bits per heavy atom.